The zero-order valence-electron chi connectivity index (χ0n) is 9.55. The van der Waals surface area contributed by atoms with Crippen molar-refractivity contribution in [2.24, 2.45) is 0 Å². The molecule has 0 bridgehead atoms. The molecule has 2 heterocycles. The lowest BCUT2D eigenvalue weighted by Gasteiger charge is -2.07. The molecule has 0 unspecified atom stereocenters. The number of fused-ring (bicyclic) bond motifs is 1. The first-order valence-corrected chi connectivity index (χ1v) is 5.45. The first-order chi connectivity index (χ1) is 8.95. The first kappa shape index (κ1) is 11.6. The number of aromatic amines is 2. The first-order valence-electron chi connectivity index (χ1n) is 5.45. The summed E-state index contributed by atoms with van der Waals surface area (Å²) in [4.78, 5) is 2.75. The third kappa shape index (κ3) is 1.92. The molecule has 98 valence electrons. The average molecular weight is 266 g/mol. The molecule has 7 heteroatoms. The number of benzene rings is 1. The largest absolute Gasteiger partial charge is 0.418 e. The Balaban J connectivity index is 2.21. The van der Waals surface area contributed by atoms with E-state index in [-0.39, 0.29) is 11.3 Å². The summed E-state index contributed by atoms with van der Waals surface area (Å²) in [5.41, 5.74) is 5.89. The Morgan fingerprint density at radius 1 is 1.11 bits per heavy atom. The van der Waals surface area contributed by atoms with Crippen LogP contribution in [0.15, 0.2) is 30.3 Å². The second-order valence-electron chi connectivity index (χ2n) is 4.16. The number of aromatic nitrogens is 3. The van der Waals surface area contributed by atoms with Crippen LogP contribution in [0.2, 0.25) is 0 Å². The summed E-state index contributed by atoms with van der Waals surface area (Å²) in [6.45, 7) is 0. The second kappa shape index (κ2) is 3.78. The van der Waals surface area contributed by atoms with Gasteiger partial charge in [0.15, 0.2) is 0 Å². The van der Waals surface area contributed by atoms with E-state index in [9.17, 15) is 13.2 Å². The van der Waals surface area contributed by atoms with Crippen molar-refractivity contribution in [3.63, 3.8) is 0 Å². The number of anilines is 1. The number of hydrogen-bond donors (Lipinski definition) is 3. The number of nitrogens with one attached hydrogen (secondary N) is 2. The molecule has 3 rings (SSSR count). The van der Waals surface area contributed by atoms with Gasteiger partial charge in [0, 0.05) is 11.5 Å². The summed E-state index contributed by atoms with van der Waals surface area (Å²) in [5.74, 6) is 0.282. The zero-order chi connectivity index (χ0) is 13.6. The number of nitrogens with two attached hydrogens (primary N) is 1. The number of nitrogens with zero attached hydrogens (tertiary/aromatic N) is 1. The maximum Gasteiger partial charge on any atom is 0.418 e. The molecular weight excluding hydrogens is 257 g/mol. The molecule has 1 aromatic carbocycles. The normalized spacial score (nSPS) is 12.2. The molecular formula is C12H9F3N4. The van der Waals surface area contributed by atoms with Gasteiger partial charge in [-0.3, -0.25) is 5.10 Å². The highest BCUT2D eigenvalue weighted by Gasteiger charge is 2.33. The van der Waals surface area contributed by atoms with E-state index >= 15 is 0 Å². The zero-order valence-corrected chi connectivity index (χ0v) is 9.55. The molecule has 3 aromatic rings. The maximum absolute atomic E-state index is 12.9. The number of hydrogen-bond acceptors (Lipinski definition) is 2. The lowest BCUT2D eigenvalue weighted by molar-refractivity contribution is -0.136. The fourth-order valence-electron chi connectivity index (χ4n) is 2.01. The van der Waals surface area contributed by atoms with Crippen molar-refractivity contribution in [2.45, 2.75) is 6.18 Å². The van der Waals surface area contributed by atoms with Gasteiger partial charge >= 0.3 is 6.18 Å². The number of H-pyrrole nitrogens is 2. The quantitative estimate of drug-likeness (QED) is 0.633. The molecule has 0 aliphatic carbocycles. The number of rotatable bonds is 1. The van der Waals surface area contributed by atoms with Gasteiger partial charge < -0.3 is 10.7 Å². The van der Waals surface area contributed by atoms with Crippen molar-refractivity contribution >= 4 is 16.7 Å². The number of halogens is 3. The SMILES string of the molecule is Nc1cc(-c2cc3cccc(C(F)(F)F)c3[nH]2)[nH]n1. The van der Waals surface area contributed by atoms with Crippen LogP contribution in [-0.4, -0.2) is 15.2 Å². The van der Waals surface area contributed by atoms with Crippen LogP contribution in [0.4, 0.5) is 19.0 Å². The molecule has 2 aromatic heterocycles. The van der Waals surface area contributed by atoms with E-state index in [0.717, 1.165) is 6.07 Å². The molecule has 4 N–H and O–H groups in total. The Bertz CT molecular complexity index is 739. The number of para-hydroxylation sites is 1. The Labute approximate surface area is 105 Å². The molecule has 0 saturated carbocycles. The Morgan fingerprint density at radius 2 is 1.89 bits per heavy atom. The smallest absolute Gasteiger partial charge is 0.382 e. The molecule has 0 aliphatic heterocycles. The van der Waals surface area contributed by atoms with Crippen LogP contribution >= 0.6 is 0 Å². The van der Waals surface area contributed by atoms with E-state index in [4.69, 9.17) is 5.73 Å². The van der Waals surface area contributed by atoms with Crippen molar-refractivity contribution < 1.29 is 13.2 Å². The van der Waals surface area contributed by atoms with E-state index in [0.29, 0.717) is 16.8 Å². The lowest BCUT2D eigenvalue weighted by atomic mass is 10.1. The Hall–Kier alpha value is -2.44. The highest BCUT2D eigenvalue weighted by Crippen LogP contribution is 2.35. The van der Waals surface area contributed by atoms with E-state index in [1.54, 1.807) is 18.2 Å². The molecule has 0 radical (unpaired) electrons. The van der Waals surface area contributed by atoms with Gasteiger partial charge in [0.1, 0.15) is 5.82 Å². The molecule has 19 heavy (non-hydrogen) atoms. The average Bonchev–Trinajstić information content (AvgIpc) is 2.92. The van der Waals surface area contributed by atoms with Gasteiger partial charge in [-0.15, -0.1) is 0 Å². The molecule has 0 spiro atoms. The minimum absolute atomic E-state index is 0.0539. The summed E-state index contributed by atoms with van der Waals surface area (Å²) >= 11 is 0. The summed E-state index contributed by atoms with van der Waals surface area (Å²) in [6.07, 6.45) is -4.39. The van der Waals surface area contributed by atoms with Crippen LogP contribution in [0, 0.1) is 0 Å². The second-order valence-corrected chi connectivity index (χ2v) is 4.16. The van der Waals surface area contributed by atoms with Gasteiger partial charge in [0.25, 0.3) is 0 Å². The predicted octanol–water partition coefficient (Wildman–Crippen LogP) is 3.16. The van der Waals surface area contributed by atoms with Crippen molar-refractivity contribution in [1.29, 1.82) is 0 Å². The van der Waals surface area contributed by atoms with Gasteiger partial charge in [-0.2, -0.15) is 18.3 Å². The van der Waals surface area contributed by atoms with Crippen molar-refractivity contribution in [3.05, 3.63) is 35.9 Å². The van der Waals surface area contributed by atoms with E-state index in [1.165, 1.54) is 6.07 Å². The molecule has 0 aliphatic rings. The van der Waals surface area contributed by atoms with Gasteiger partial charge in [0.05, 0.1) is 22.5 Å². The number of nitrogen functional groups attached to an aromatic ring is 1. The predicted molar refractivity (Wildman–Crippen MR) is 65.3 cm³/mol. The highest BCUT2D eigenvalue weighted by atomic mass is 19.4. The lowest BCUT2D eigenvalue weighted by Crippen LogP contribution is -2.05. The maximum atomic E-state index is 12.9. The van der Waals surface area contributed by atoms with Crippen molar-refractivity contribution in [1.82, 2.24) is 15.2 Å². The van der Waals surface area contributed by atoms with E-state index in [1.807, 2.05) is 0 Å². The van der Waals surface area contributed by atoms with Crippen LogP contribution in [-0.2, 0) is 6.18 Å². The van der Waals surface area contributed by atoms with Crippen LogP contribution in [0.3, 0.4) is 0 Å². The molecule has 4 nitrogen and oxygen atoms in total. The third-order valence-corrected chi connectivity index (χ3v) is 2.85. The van der Waals surface area contributed by atoms with Crippen LogP contribution < -0.4 is 5.73 Å². The molecule has 0 fully saturated rings. The topological polar surface area (TPSA) is 70.5 Å². The highest BCUT2D eigenvalue weighted by molar-refractivity contribution is 5.88. The van der Waals surface area contributed by atoms with Crippen LogP contribution in [0.5, 0.6) is 0 Å². The Morgan fingerprint density at radius 3 is 2.53 bits per heavy atom. The standard InChI is InChI=1S/C12H9F3N4/c13-12(14,15)7-3-1-2-6-4-8(17-11(6)7)9-5-10(16)19-18-9/h1-5,17H,(H3,16,18,19). The summed E-state index contributed by atoms with van der Waals surface area (Å²) in [5, 5.41) is 6.88. The van der Waals surface area contributed by atoms with Gasteiger partial charge in [0.2, 0.25) is 0 Å². The van der Waals surface area contributed by atoms with Gasteiger partial charge in [-0.25, -0.2) is 0 Å². The van der Waals surface area contributed by atoms with Gasteiger partial charge in [-0.05, 0) is 12.1 Å². The van der Waals surface area contributed by atoms with Crippen LogP contribution in [0.25, 0.3) is 22.3 Å². The molecule has 0 amide bonds. The summed E-state index contributed by atoms with van der Waals surface area (Å²) in [6, 6.07) is 7.22. The molecule has 0 atom stereocenters. The van der Waals surface area contributed by atoms with Crippen molar-refractivity contribution in [3.8, 4) is 11.4 Å². The van der Waals surface area contributed by atoms with E-state index < -0.39 is 11.7 Å². The fourth-order valence-corrected chi connectivity index (χ4v) is 2.01. The number of alkyl halides is 3. The van der Waals surface area contributed by atoms with Crippen LogP contribution in [0.1, 0.15) is 5.56 Å². The molecule has 0 saturated heterocycles. The fraction of sp³-hybridized carbons (Fsp3) is 0.0833. The minimum atomic E-state index is -4.39. The van der Waals surface area contributed by atoms with E-state index in [2.05, 4.69) is 15.2 Å². The van der Waals surface area contributed by atoms with Crippen molar-refractivity contribution in [2.75, 3.05) is 5.73 Å². The monoisotopic (exact) mass is 266 g/mol. The summed E-state index contributed by atoms with van der Waals surface area (Å²) < 4.78 is 38.6. The van der Waals surface area contributed by atoms with Gasteiger partial charge in [-0.1, -0.05) is 12.1 Å². The summed E-state index contributed by atoms with van der Waals surface area (Å²) in [7, 11) is 0. The minimum Gasteiger partial charge on any atom is -0.382 e. The Kier molecular flexibility index (Phi) is 2.31. The third-order valence-electron chi connectivity index (χ3n) is 2.85.